The first-order chi connectivity index (χ1) is 15.3. The molecule has 5 rings (SSSR count). The lowest BCUT2D eigenvalue weighted by Gasteiger charge is -2.17. The highest BCUT2D eigenvalue weighted by molar-refractivity contribution is 5.99. The Morgan fingerprint density at radius 2 is 1.97 bits per heavy atom. The maximum absolute atomic E-state index is 13.0. The molecule has 4 aromatic rings. The molecular formula is C24H24N6O. The SMILES string of the molecule is O=C(NCCc1c[nH]c2ccccc12)c1cnc(N2CCCC2)nc1-c1cccnc1. The number of pyridine rings is 1. The van der Waals surface area contributed by atoms with Crippen LogP contribution in [0.15, 0.2) is 61.2 Å². The van der Waals surface area contributed by atoms with Crippen LogP contribution in [0.3, 0.4) is 0 Å². The molecule has 156 valence electrons. The Kier molecular flexibility index (Phi) is 5.31. The largest absolute Gasteiger partial charge is 0.361 e. The van der Waals surface area contributed by atoms with Crippen molar-refractivity contribution in [2.75, 3.05) is 24.5 Å². The smallest absolute Gasteiger partial charge is 0.255 e. The fraction of sp³-hybridized carbons (Fsp3) is 0.250. The summed E-state index contributed by atoms with van der Waals surface area (Å²) in [5, 5.41) is 4.22. The molecule has 0 radical (unpaired) electrons. The van der Waals surface area contributed by atoms with E-state index in [2.05, 4.69) is 37.3 Å². The summed E-state index contributed by atoms with van der Waals surface area (Å²) in [5.41, 5.74) is 4.19. The van der Waals surface area contributed by atoms with E-state index in [-0.39, 0.29) is 5.91 Å². The number of amides is 1. The standard InChI is InChI=1S/C24H24N6O/c31-23(26-11-9-17-15-27-21-8-2-1-7-19(17)21)20-16-28-24(30-12-3-4-13-30)29-22(20)18-6-5-10-25-14-18/h1-2,5-8,10,14-16,27H,3-4,9,11-13H2,(H,26,31). The summed E-state index contributed by atoms with van der Waals surface area (Å²) < 4.78 is 0. The second-order valence-electron chi connectivity index (χ2n) is 7.73. The zero-order chi connectivity index (χ0) is 21.0. The number of aromatic amines is 1. The molecule has 1 aromatic carbocycles. The summed E-state index contributed by atoms with van der Waals surface area (Å²) in [5.74, 6) is 0.498. The average Bonchev–Trinajstić information content (AvgIpc) is 3.50. The summed E-state index contributed by atoms with van der Waals surface area (Å²) in [6.07, 6.45) is 10.1. The molecule has 0 aliphatic carbocycles. The molecule has 1 saturated heterocycles. The minimum atomic E-state index is -0.174. The lowest BCUT2D eigenvalue weighted by Crippen LogP contribution is -2.27. The van der Waals surface area contributed by atoms with Crippen LogP contribution in [-0.4, -0.2) is 45.5 Å². The fourth-order valence-corrected chi connectivity index (χ4v) is 4.08. The zero-order valence-corrected chi connectivity index (χ0v) is 17.2. The van der Waals surface area contributed by atoms with E-state index < -0.39 is 0 Å². The first-order valence-corrected chi connectivity index (χ1v) is 10.7. The van der Waals surface area contributed by atoms with Gasteiger partial charge in [0.05, 0.1) is 11.3 Å². The molecule has 1 aliphatic heterocycles. The number of aromatic nitrogens is 4. The number of nitrogens with one attached hydrogen (secondary N) is 2. The molecule has 0 bridgehead atoms. The third-order valence-electron chi connectivity index (χ3n) is 5.70. The Hall–Kier alpha value is -3.74. The Morgan fingerprint density at radius 1 is 1.10 bits per heavy atom. The highest BCUT2D eigenvalue weighted by Crippen LogP contribution is 2.24. The van der Waals surface area contributed by atoms with E-state index in [1.54, 1.807) is 18.6 Å². The van der Waals surface area contributed by atoms with Gasteiger partial charge in [0, 0.05) is 60.9 Å². The summed E-state index contributed by atoms with van der Waals surface area (Å²) >= 11 is 0. The van der Waals surface area contributed by atoms with Gasteiger partial charge in [0.15, 0.2) is 0 Å². The van der Waals surface area contributed by atoms with Crippen LogP contribution in [-0.2, 0) is 6.42 Å². The Bertz CT molecular complexity index is 1200. The lowest BCUT2D eigenvalue weighted by atomic mass is 10.1. The molecule has 7 nitrogen and oxygen atoms in total. The van der Waals surface area contributed by atoms with Crippen molar-refractivity contribution in [3.63, 3.8) is 0 Å². The number of hydrogen-bond donors (Lipinski definition) is 2. The van der Waals surface area contributed by atoms with Crippen LogP contribution in [0.1, 0.15) is 28.8 Å². The van der Waals surface area contributed by atoms with Crippen LogP contribution < -0.4 is 10.2 Å². The van der Waals surface area contributed by atoms with Crippen LogP contribution in [0.4, 0.5) is 5.95 Å². The van der Waals surface area contributed by atoms with Gasteiger partial charge in [-0.05, 0) is 43.0 Å². The van der Waals surface area contributed by atoms with Crippen molar-refractivity contribution in [3.05, 3.63) is 72.3 Å². The van der Waals surface area contributed by atoms with Gasteiger partial charge in [0.1, 0.15) is 0 Å². The van der Waals surface area contributed by atoms with Crippen LogP contribution in [0.5, 0.6) is 0 Å². The third kappa shape index (κ3) is 3.99. The van der Waals surface area contributed by atoms with Gasteiger partial charge in [-0.15, -0.1) is 0 Å². The van der Waals surface area contributed by atoms with E-state index in [9.17, 15) is 4.79 Å². The van der Waals surface area contributed by atoms with Crippen LogP contribution in [0.25, 0.3) is 22.2 Å². The van der Waals surface area contributed by atoms with Gasteiger partial charge in [-0.3, -0.25) is 9.78 Å². The molecule has 0 saturated carbocycles. The highest BCUT2D eigenvalue weighted by Gasteiger charge is 2.20. The number of benzene rings is 1. The predicted octanol–water partition coefficient (Wildman–Crippen LogP) is 3.59. The van der Waals surface area contributed by atoms with Crippen molar-refractivity contribution in [2.24, 2.45) is 0 Å². The minimum absolute atomic E-state index is 0.174. The highest BCUT2D eigenvalue weighted by atomic mass is 16.1. The fourth-order valence-electron chi connectivity index (χ4n) is 4.08. The predicted molar refractivity (Wildman–Crippen MR) is 121 cm³/mol. The van der Waals surface area contributed by atoms with E-state index in [1.807, 2.05) is 30.5 Å². The third-order valence-corrected chi connectivity index (χ3v) is 5.70. The number of carbonyl (C=O) groups excluding carboxylic acids is 1. The van der Waals surface area contributed by atoms with Gasteiger partial charge >= 0.3 is 0 Å². The van der Waals surface area contributed by atoms with Crippen molar-refractivity contribution < 1.29 is 4.79 Å². The number of nitrogens with zero attached hydrogens (tertiary/aromatic N) is 4. The van der Waals surface area contributed by atoms with E-state index in [1.165, 1.54) is 10.9 Å². The number of carbonyl (C=O) groups is 1. The monoisotopic (exact) mass is 412 g/mol. The van der Waals surface area contributed by atoms with Crippen molar-refractivity contribution in [3.8, 4) is 11.3 Å². The van der Waals surface area contributed by atoms with Crippen molar-refractivity contribution in [1.82, 2.24) is 25.3 Å². The quantitative estimate of drug-likeness (QED) is 0.505. The van der Waals surface area contributed by atoms with Crippen LogP contribution in [0.2, 0.25) is 0 Å². The Morgan fingerprint density at radius 3 is 2.81 bits per heavy atom. The number of anilines is 1. The summed E-state index contributed by atoms with van der Waals surface area (Å²) in [7, 11) is 0. The minimum Gasteiger partial charge on any atom is -0.361 e. The topological polar surface area (TPSA) is 86.8 Å². The number of rotatable bonds is 6. The van der Waals surface area contributed by atoms with Gasteiger partial charge in [-0.2, -0.15) is 0 Å². The number of fused-ring (bicyclic) bond motifs is 1. The van der Waals surface area contributed by atoms with Crippen molar-refractivity contribution >= 4 is 22.8 Å². The Labute approximate surface area is 180 Å². The molecular weight excluding hydrogens is 388 g/mol. The molecule has 4 heterocycles. The molecule has 1 aliphatic rings. The summed E-state index contributed by atoms with van der Waals surface area (Å²) in [6, 6.07) is 12.0. The molecule has 1 amide bonds. The van der Waals surface area contributed by atoms with Crippen LogP contribution >= 0.6 is 0 Å². The van der Waals surface area contributed by atoms with Crippen molar-refractivity contribution in [2.45, 2.75) is 19.3 Å². The molecule has 0 spiro atoms. The zero-order valence-electron chi connectivity index (χ0n) is 17.2. The maximum atomic E-state index is 13.0. The maximum Gasteiger partial charge on any atom is 0.255 e. The van der Waals surface area contributed by atoms with Crippen molar-refractivity contribution in [1.29, 1.82) is 0 Å². The molecule has 0 atom stereocenters. The average molecular weight is 412 g/mol. The second kappa shape index (κ2) is 8.55. The molecule has 2 N–H and O–H groups in total. The summed E-state index contributed by atoms with van der Waals surface area (Å²) in [6.45, 7) is 2.42. The molecule has 7 heteroatoms. The first-order valence-electron chi connectivity index (χ1n) is 10.7. The first kappa shape index (κ1) is 19.2. The van der Waals surface area contributed by atoms with Gasteiger partial charge in [-0.25, -0.2) is 9.97 Å². The van der Waals surface area contributed by atoms with E-state index >= 15 is 0 Å². The normalized spacial score (nSPS) is 13.6. The van der Waals surface area contributed by atoms with Gasteiger partial charge in [-0.1, -0.05) is 18.2 Å². The second-order valence-corrected chi connectivity index (χ2v) is 7.73. The molecule has 31 heavy (non-hydrogen) atoms. The number of para-hydroxylation sites is 1. The van der Waals surface area contributed by atoms with Gasteiger partial charge < -0.3 is 15.2 Å². The number of hydrogen-bond acceptors (Lipinski definition) is 5. The molecule has 3 aromatic heterocycles. The van der Waals surface area contributed by atoms with Crippen LogP contribution in [0, 0.1) is 0 Å². The van der Waals surface area contributed by atoms with Gasteiger partial charge in [0.25, 0.3) is 5.91 Å². The van der Waals surface area contributed by atoms with E-state index in [4.69, 9.17) is 4.98 Å². The van der Waals surface area contributed by atoms with Gasteiger partial charge in [0.2, 0.25) is 5.95 Å². The molecule has 0 unspecified atom stereocenters. The number of H-pyrrole nitrogens is 1. The van der Waals surface area contributed by atoms with E-state index in [0.29, 0.717) is 23.8 Å². The Balaban J connectivity index is 1.36. The summed E-state index contributed by atoms with van der Waals surface area (Å²) in [4.78, 5) is 31.9. The van der Waals surface area contributed by atoms with E-state index in [0.717, 1.165) is 43.4 Å². The lowest BCUT2D eigenvalue weighted by molar-refractivity contribution is 0.0954. The molecule has 1 fully saturated rings.